The summed E-state index contributed by atoms with van der Waals surface area (Å²) in [5.41, 5.74) is 6.04. The zero-order valence-electron chi connectivity index (χ0n) is 9.86. The maximum atomic E-state index is 13.0. The van der Waals surface area contributed by atoms with Crippen LogP contribution in [0.25, 0.3) is 11.4 Å². The molecule has 1 aromatic carbocycles. The largest absolute Gasteiger partial charge is 0.337 e. The van der Waals surface area contributed by atoms with Crippen molar-refractivity contribution in [2.45, 2.75) is 25.8 Å². The molecule has 0 bridgehead atoms. The van der Waals surface area contributed by atoms with Crippen LogP contribution >= 0.6 is 0 Å². The van der Waals surface area contributed by atoms with Gasteiger partial charge in [0.25, 0.3) is 0 Å². The monoisotopic (exact) mass is 253 g/mol. The van der Waals surface area contributed by atoms with Gasteiger partial charge in [0, 0.05) is 11.6 Å². The van der Waals surface area contributed by atoms with Crippen molar-refractivity contribution >= 4 is 0 Å². The van der Waals surface area contributed by atoms with Crippen LogP contribution in [-0.4, -0.2) is 10.1 Å². The molecule has 0 amide bonds. The van der Waals surface area contributed by atoms with E-state index in [1.54, 1.807) is 0 Å². The maximum Gasteiger partial charge on any atom is 0.243 e. The summed E-state index contributed by atoms with van der Waals surface area (Å²) in [7, 11) is 0. The van der Waals surface area contributed by atoms with Crippen molar-refractivity contribution < 1.29 is 13.3 Å². The minimum atomic E-state index is -0.686. The first-order valence-electron chi connectivity index (χ1n) is 5.65. The molecule has 0 aliphatic carbocycles. The van der Waals surface area contributed by atoms with Crippen LogP contribution < -0.4 is 5.73 Å². The Morgan fingerprint density at radius 3 is 2.56 bits per heavy atom. The average molecular weight is 253 g/mol. The molecule has 2 N–H and O–H groups in total. The quantitative estimate of drug-likeness (QED) is 0.909. The number of hydrogen-bond acceptors (Lipinski definition) is 4. The molecule has 2 rings (SSSR count). The maximum absolute atomic E-state index is 13.0. The molecule has 0 saturated heterocycles. The van der Waals surface area contributed by atoms with E-state index < -0.39 is 11.6 Å². The van der Waals surface area contributed by atoms with Crippen LogP contribution in [0.1, 0.15) is 31.7 Å². The SMILES string of the molecule is CCC[C@H](N)c1nc(-c2cc(F)cc(F)c2)no1. The highest BCUT2D eigenvalue weighted by molar-refractivity contribution is 5.54. The Hall–Kier alpha value is -1.82. The number of rotatable bonds is 4. The van der Waals surface area contributed by atoms with Crippen LogP contribution in [0, 0.1) is 11.6 Å². The van der Waals surface area contributed by atoms with Gasteiger partial charge in [-0.3, -0.25) is 0 Å². The predicted molar refractivity (Wildman–Crippen MR) is 61.5 cm³/mol. The molecule has 0 fully saturated rings. The Balaban J connectivity index is 2.29. The van der Waals surface area contributed by atoms with Gasteiger partial charge in [0.1, 0.15) is 11.6 Å². The second-order valence-electron chi connectivity index (χ2n) is 4.01. The fourth-order valence-electron chi connectivity index (χ4n) is 1.62. The van der Waals surface area contributed by atoms with Crippen LogP contribution in [0.3, 0.4) is 0 Å². The first-order chi connectivity index (χ1) is 8.60. The van der Waals surface area contributed by atoms with Crippen molar-refractivity contribution in [1.29, 1.82) is 0 Å². The van der Waals surface area contributed by atoms with Crippen LogP contribution in [0.15, 0.2) is 22.7 Å². The second kappa shape index (κ2) is 5.22. The van der Waals surface area contributed by atoms with E-state index in [0.29, 0.717) is 6.42 Å². The van der Waals surface area contributed by atoms with E-state index in [-0.39, 0.29) is 23.3 Å². The third-order valence-corrected chi connectivity index (χ3v) is 2.48. The molecule has 96 valence electrons. The number of halogens is 2. The lowest BCUT2D eigenvalue weighted by atomic mass is 10.2. The Labute approximate surface area is 103 Å². The van der Waals surface area contributed by atoms with Gasteiger partial charge in [0.15, 0.2) is 0 Å². The van der Waals surface area contributed by atoms with Crippen LogP contribution in [0.5, 0.6) is 0 Å². The molecule has 0 spiro atoms. The lowest BCUT2D eigenvalue weighted by molar-refractivity contribution is 0.348. The Kier molecular flexibility index (Phi) is 3.66. The minimum absolute atomic E-state index is 0.134. The van der Waals surface area contributed by atoms with Crippen molar-refractivity contribution in [3.63, 3.8) is 0 Å². The van der Waals surface area contributed by atoms with E-state index in [4.69, 9.17) is 10.3 Å². The first kappa shape index (κ1) is 12.6. The van der Waals surface area contributed by atoms with Crippen molar-refractivity contribution in [1.82, 2.24) is 10.1 Å². The van der Waals surface area contributed by atoms with E-state index in [9.17, 15) is 8.78 Å². The molecule has 6 heteroatoms. The van der Waals surface area contributed by atoms with Gasteiger partial charge >= 0.3 is 0 Å². The highest BCUT2D eigenvalue weighted by atomic mass is 19.1. The van der Waals surface area contributed by atoms with E-state index in [1.165, 1.54) is 0 Å². The second-order valence-corrected chi connectivity index (χ2v) is 4.01. The summed E-state index contributed by atoms with van der Waals surface area (Å²) in [6, 6.07) is 2.72. The summed E-state index contributed by atoms with van der Waals surface area (Å²) in [4.78, 5) is 4.05. The first-order valence-corrected chi connectivity index (χ1v) is 5.65. The number of nitrogens with zero attached hydrogens (tertiary/aromatic N) is 2. The fraction of sp³-hybridized carbons (Fsp3) is 0.333. The van der Waals surface area contributed by atoms with Crippen LogP contribution in [0.2, 0.25) is 0 Å². The molecular formula is C12H13F2N3O. The summed E-state index contributed by atoms with van der Waals surface area (Å²) in [5, 5.41) is 3.67. The van der Waals surface area contributed by atoms with Gasteiger partial charge in [0.2, 0.25) is 11.7 Å². The molecule has 0 unspecified atom stereocenters. The van der Waals surface area contributed by atoms with Gasteiger partial charge in [-0.05, 0) is 18.6 Å². The molecule has 0 aliphatic rings. The van der Waals surface area contributed by atoms with Gasteiger partial charge in [-0.15, -0.1) is 0 Å². The van der Waals surface area contributed by atoms with E-state index in [0.717, 1.165) is 24.6 Å². The summed E-state index contributed by atoms with van der Waals surface area (Å²) in [5.74, 6) is -0.963. The molecule has 0 radical (unpaired) electrons. The number of aromatic nitrogens is 2. The topological polar surface area (TPSA) is 64.9 Å². The predicted octanol–water partition coefficient (Wildman–Crippen LogP) is 2.81. The zero-order valence-corrected chi connectivity index (χ0v) is 9.86. The molecule has 1 atom stereocenters. The van der Waals surface area contributed by atoms with Crippen molar-refractivity contribution in [2.24, 2.45) is 5.73 Å². The summed E-state index contributed by atoms with van der Waals surface area (Å²) < 4.78 is 31.1. The number of benzene rings is 1. The molecule has 1 heterocycles. The van der Waals surface area contributed by atoms with Gasteiger partial charge in [-0.25, -0.2) is 8.78 Å². The van der Waals surface area contributed by atoms with Gasteiger partial charge < -0.3 is 10.3 Å². The Bertz CT molecular complexity index is 522. The standard InChI is InChI=1S/C12H13F2N3O/c1-2-3-10(15)12-16-11(17-18-12)7-4-8(13)6-9(14)5-7/h4-6,10H,2-3,15H2,1H3/t10-/m0/s1. The Morgan fingerprint density at radius 2 is 1.94 bits per heavy atom. The lowest BCUT2D eigenvalue weighted by Crippen LogP contribution is -2.09. The molecule has 2 aromatic rings. The van der Waals surface area contributed by atoms with Crippen molar-refractivity contribution in [3.8, 4) is 11.4 Å². The fourth-order valence-corrected chi connectivity index (χ4v) is 1.62. The number of nitrogens with two attached hydrogens (primary N) is 1. The molecule has 18 heavy (non-hydrogen) atoms. The summed E-state index contributed by atoms with van der Waals surface area (Å²) in [6.07, 6.45) is 1.59. The molecule has 0 saturated carbocycles. The van der Waals surface area contributed by atoms with Crippen molar-refractivity contribution in [3.05, 3.63) is 35.7 Å². The molecule has 1 aromatic heterocycles. The summed E-state index contributed by atoms with van der Waals surface area (Å²) >= 11 is 0. The lowest BCUT2D eigenvalue weighted by Gasteiger charge is -2.02. The molecule has 0 aliphatic heterocycles. The summed E-state index contributed by atoms with van der Waals surface area (Å²) in [6.45, 7) is 1.99. The third-order valence-electron chi connectivity index (χ3n) is 2.48. The number of hydrogen-bond donors (Lipinski definition) is 1. The highest BCUT2D eigenvalue weighted by Gasteiger charge is 2.15. The Morgan fingerprint density at radius 1 is 1.28 bits per heavy atom. The highest BCUT2D eigenvalue weighted by Crippen LogP contribution is 2.21. The van der Waals surface area contributed by atoms with Crippen LogP contribution in [-0.2, 0) is 0 Å². The minimum Gasteiger partial charge on any atom is -0.337 e. The molecule has 4 nitrogen and oxygen atoms in total. The van der Waals surface area contributed by atoms with Gasteiger partial charge in [-0.1, -0.05) is 18.5 Å². The van der Waals surface area contributed by atoms with E-state index >= 15 is 0 Å². The van der Waals surface area contributed by atoms with E-state index in [1.807, 2.05) is 6.92 Å². The third kappa shape index (κ3) is 2.70. The van der Waals surface area contributed by atoms with Crippen molar-refractivity contribution in [2.75, 3.05) is 0 Å². The molecular weight excluding hydrogens is 240 g/mol. The normalized spacial score (nSPS) is 12.7. The van der Waals surface area contributed by atoms with Crippen LogP contribution in [0.4, 0.5) is 8.78 Å². The smallest absolute Gasteiger partial charge is 0.243 e. The van der Waals surface area contributed by atoms with Gasteiger partial charge in [-0.2, -0.15) is 4.98 Å². The zero-order chi connectivity index (χ0) is 13.1. The van der Waals surface area contributed by atoms with E-state index in [2.05, 4.69) is 10.1 Å². The van der Waals surface area contributed by atoms with Gasteiger partial charge in [0.05, 0.1) is 6.04 Å². The average Bonchev–Trinajstić information content (AvgIpc) is 2.77.